The molecule has 0 amide bonds. The Bertz CT molecular complexity index is 533. The van der Waals surface area contributed by atoms with Gasteiger partial charge in [0.25, 0.3) is 0 Å². The van der Waals surface area contributed by atoms with Crippen molar-refractivity contribution in [2.45, 2.75) is 13.3 Å². The van der Waals surface area contributed by atoms with E-state index in [1.165, 1.54) is 0 Å². The predicted octanol–water partition coefficient (Wildman–Crippen LogP) is 1.13. The van der Waals surface area contributed by atoms with E-state index in [-0.39, 0.29) is 14.5 Å². The summed E-state index contributed by atoms with van der Waals surface area (Å²) in [7, 11) is 0. The van der Waals surface area contributed by atoms with Crippen LogP contribution in [0.1, 0.15) is 21.7 Å². The van der Waals surface area contributed by atoms with Gasteiger partial charge < -0.3 is 0 Å². The van der Waals surface area contributed by atoms with Gasteiger partial charge in [-0.1, -0.05) is 0 Å². The van der Waals surface area contributed by atoms with Crippen molar-refractivity contribution in [2.75, 3.05) is 5.73 Å². The minimum absolute atomic E-state index is 0.254. The number of aromatic nitrogens is 1. The van der Waals surface area contributed by atoms with Gasteiger partial charge in [-0.05, 0) is 0 Å². The Morgan fingerprint density at radius 3 is 3.00 bits per heavy atom. The number of pyridine rings is 1. The second-order valence-electron chi connectivity index (χ2n) is 3.15. The molecule has 2 aromatic rings. The number of carbonyl (C=O) groups is 1. The molecule has 0 saturated heterocycles. The molecule has 0 radical (unpaired) electrons. The number of nitrogens with two attached hydrogens (primary N) is 1. The Labute approximate surface area is 92.5 Å². The van der Waals surface area contributed by atoms with Crippen molar-refractivity contribution in [3.63, 3.8) is 0 Å². The van der Waals surface area contributed by atoms with E-state index >= 15 is 0 Å². The predicted molar refractivity (Wildman–Crippen MR) is 59.4 cm³/mol. The van der Waals surface area contributed by atoms with Crippen LogP contribution in [0.4, 0.5) is 5.69 Å². The van der Waals surface area contributed by atoms with E-state index in [9.17, 15) is 4.79 Å². The molecule has 5 heteroatoms. The monoisotopic (exact) mass is 270 g/mol. The summed E-state index contributed by atoms with van der Waals surface area (Å²) in [4.78, 5) is 15.1. The third-order valence-electron chi connectivity index (χ3n) is 2.29. The summed E-state index contributed by atoms with van der Waals surface area (Å²) in [5, 5.41) is 9.83. The first-order chi connectivity index (χ1) is 7.15. The van der Waals surface area contributed by atoms with E-state index in [2.05, 4.69) is 4.98 Å². The summed E-state index contributed by atoms with van der Waals surface area (Å²) >= 11 is -0.254. The molecule has 0 aliphatic carbocycles. The fourth-order valence-electron chi connectivity index (χ4n) is 1.56. The van der Waals surface area contributed by atoms with Crippen molar-refractivity contribution in [3.05, 3.63) is 22.3 Å². The molecule has 3 N–H and O–H groups in total. The summed E-state index contributed by atoms with van der Waals surface area (Å²) in [6.07, 6.45) is 2.56. The maximum absolute atomic E-state index is 10.9. The third-order valence-corrected chi connectivity index (χ3v) is 4.60. The number of anilines is 1. The molecule has 0 aromatic carbocycles. The maximum atomic E-state index is 10.9. The van der Waals surface area contributed by atoms with Crippen LogP contribution in [0.25, 0.3) is 9.78 Å². The van der Waals surface area contributed by atoms with Crippen molar-refractivity contribution in [2.24, 2.45) is 0 Å². The number of carboxylic acid groups (broad SMARTS) is 1. The first kappa shape index (κ1) is 10.2. The van der Waals surface area contributed by atoms with Gasteiger partial charge in [0.2, 0.25) is 0 Å². The average molecular weight is 269 g/mol. The van der Waals surface area contributed by atoms with Crippen LogP contribution in [-0.2, 0) is 6.42 Å². The van der Waals surface area contributed by atoms with E-state index in [1.54, 1.807) is 6.20 Å². The minimum atomic E-state index is -0.924. The first-order valence-electron chi connectivity index (χ1n) is 4.54. The zero-order valence-corrected chi connectivity index (χ0v) is 9.86. The SMILES string of the molecule is CCc1ccnc2[se]c(C(=O)O)c(N)c12. The van der Waals surface area contributed by atoms with Gasteiger partial charge in [0, 0.05) is 0 Å². The molecule has 0 spiro atoms. The molecule has 0 bridgehead atoms. The van der Waals surface area contributed by atoms with E-state index in [1.807, 2.05) is 13.0 Å². The van der Waals surface area contributed by atoms with Crippen LogP contribution in [0.15, 0.2) is 12.3 Å². The van der Waals surface area contributed by atoms with Crippen LogP contribution in [-0.4, -0.2) is 30.6 Å². The van der Waals surface area contributed by atoms with Gasteiger partial charge in [0.1, 0.15) is 0 Å². The van der Waals surface area contributed by atoms with Crippen molar-refractivity contribution >= 4 is 35.9 Å². The zero-order chi connectivity index (χ0) is 11.0. The van der Waals surface area contributed by atoms with Gasteiger partial charge in [-0.15, -0.1) is 0 Å². The number of nitrogens with zero attached hydrogens (tertiary/aromatic N) is 1. The summed E-state index contributed by atoms with van der Waals surface area (Å²) in [6.45, 7) is 2.02. The number of fused-ring (bicyclic) bond motifs is 1. The third kappa shape index (κ3) is 1.54. The van der Waals surface area contributed by atoms with Crippen LogP contribution < -0.4 is 5.73 Å². The first-order valence-corrected chi connectivity index (χ1v) is 6.25. The fraction of sp³-hybridized carbons (Fsp3) is 0.200. The van der Waals surface area contributed by atoms with Crippen molar-refractivity contribution in [1.29, 1.82) is 0 Å². The Morgan fingerprint density at radius 1 is 1.67 bits per heavy atom. The van der Waals surface area contributed by atoms with E-state index < -0.39 is 5.97 Å². The summed E-state index contributed by atoms with van der Waals surface area (Å²) in [6, 6.07) is 1.90. The molecule has 2 heterocycles. The van der Waals surface area contributed by atoms with E-state index in [0.29, 0.717) is 10.1 Å². The molecule has 0 aliphatic heterocycles. The summed E-state index contributed by atoms with van der Waals surface area (Å²) in [5.41, 5.74) is 7.33. The molecule has 0 saturated carbocycles. The van der Waals surface area contributed by atoms with Crippen LogP contribution in [0.5, 0.6) is 0 Å². The molecule has 4 nitrogen and oxygen atoms in total. The number of hydrogen-bond acceptors (Lipinski definition) is 3. The average Bonchev–Trinajstić information content (AvgIpc) is 2.56. The standard InChI is InChI=1S/C10H10N2O2Se/c1-2-5-3-4-12-9-6(5)7(11)8(15-9)10(13)14/h3-4H,2,11H2,1H3,(H,13,14). The number of aryl methyl sites for hydroxylation is 1. The van der Waals surface area contributed by atoms with Gasteiger partial charge in [0.15, 0.2) is 0 Å². The second kappa shape index (κ2) is 3.68. The van der Waals surface area contributed by atoms with Crippen molar-refractivity contribution in [1.82, 2.24) is 4.98 Å². The zero-order valence-electron chi connectivity index (χ0n) is 8.15. The van der Waals surface area contributed by atoms with Gasteiger partial charge in [-0.2, -0.15) is 0 Å². The number of aromatic carboxylic acids is 1. The molecule has 2 rings (SSSR count). The number of hydrogen-bond donors (Lipinski definition) is 2. The molecule has 78 valence electrons. The van der Waals surface area contributed by atoms with Gasteiger partial charge in [0.05, 0.1) is 0 Å². The summed E-state index contributed by atoms with van der Waals surface area (Å²) < 4.78 is 1.17. The molecule has 0 aliphatic rings. The summed E-state index contributed by atoms with van der Waals surface area (Å²) in [5.74, 6) is -0.924. The Morgan fingerprint density at radius 2 is 2.40 bits per heavy atom. The van der Waals surface area contributed by atoms with E-state index in [0.717, 1.165) is 21.8 Å². The van der Waals surface area contributed by atoms with Crippen LogP contribution in [0.2, 0.25) is 0 Å². The Kier molecular flexibility index (Phi) is 2.50. The van der Waals surface area contributed by atoms with Gasteiger partial charge in [-0.25, -0.2) is 0 Å². The molecule has 0 atom stereocenters. The fourth-order valence-corrected chi connectivity index (χ4v) is 3.56. The molecule has 15 heavy (non-hydrogen) atoms. The topological polar surface area (TPSA) is 76.2 Å². The second-order valence-corrected chi connectivity index (χ2v) is 5.25. The van der Waals surface area contributed by atoms with Crippen LogP contribution >= 0.6 is 0 Å². The Balaban J connectivity index is 2.82. The molecule has 0 unspecified atom stereocenters. The quantitative estimate of drug-likeness (QED) is 0.801. The number of nitrogen functional groups attached to an aromatic ring is 1. The van der Waals surface area contributed by atoms with Crippen LogP contribution in [0, 0.1) is 0 Å². The van der Waals surface area contributed by atoms with Crippen molar-refractivity contribution < 1.29 is 9.90 Å². The molecular weight excluding hydrogens is 259 g/mol. The van der Waals surface area contributed by atoms with Crippen molar-refractivity contribution in [3.8, 4) is 0 Å². The number of carboxylic acids is 1. The Hall–Kier alpha value is -1.32. The molecular formula is C10H10N2O2Se. The van der Waals surface area contributed by atoms with Crippen LogP contribution in [0.3, 0.4) is 0 Å². The molecule has 0 fully saturated rings. The van der Waals surface area contributed by atoms with E-state index in [4.69, 9.17) is 10.8 Å². The molecule has 2 aromatic heterocycles. The van der Waals surface area contributed by atoms with Gasteiger partial charge in [-0.3, -0.25) is 0 Å². The normalized spacial score (nSPS) is 10.7. The van der Waals surface area contributed by atoms with Gasteiger partial charge >= 0.3 is 92.2 Å². The number of rotatable bonds is 2.